The van der Waals surface area contributed by atoms with Gasteiger partial charge in [-0.25, -0.2) is 9.13 Å². The summed E-state index contributed by atoms with van der Waals surface area (Å²) < 4.78 is 68.3. The van der Waals surface area contributed by atoms with Crippen LogP contribution in [0.15, 0.2) is 0 Å². The van der Waals surface area contributed by atoms with Gasteiger partial charge in [0, 0.05) is 25.7 Å². The van der Waals surface area contributed by atoms with Crippen molar-refractivity contribution in [1.82, 2.24) is 0 Å². The highest BCUT2D eigenvalue weighted by molar-refractivity contribution is 7.47. The van der Waals surface area contributed by atoms with Gasteiger partial charge < -0.3 is 33.8 Å². The summed E-state index contributed by atoms with van der Waals surface area (Å²) in [6.07, 6.45) is 48.3. The van der Waals surface area contributed by atoms with Crippen molar-refractivity contribution in [2.75, 3.05) is 39.6 Å². The Hall–Kier alpha value is -1.94. The quantitative estimate of drug-likeness (QED) is 0.0222. The Morgan fingerprint density at radius 3 is 0.807 bits per heavy atom. The van der Waals surface area contributed by atoms with Crippen LogP contribution in [-0.2, 0) is 65.4 Å². The molecule has 0 aliphatic rings. The molecule has 0 aliphatic heterocycles. The van der Waals surface area contributed by atoms with E-state index in [0.717, 1.165) is 95.8 Å². The third-order valence-electron chi connectivity index (χ3n) is 16.4. The third-order valence-corrected chi connectivity index (χ3v) is 18.3. The molecule has 3 unspecified atom stereocenters. The number of carbonyl (C=O) groups excluding carboxylic acids is 4. The molecule has 0 fully saturated rings. The van der Waals surface area contributed by atoms with Gasteiger partial charge in [-0.1, -0.05) is 304 Å². The second-order valence-electron chi connectivity index (χ2n) is 25.2. The zero-order valence-corrected chi connectivity index (χ0v) is 58.6. The lowest BCUT2D eigenvalue weighted by atomic mass is 9.99. The smallest absolute Gasteiger partial charge is 0.462 e. The van der Waals surface area contributed by atoms with Crippen LogP contribution in [0.1, 0.15) is 356 Å². The van der Waals surface area contributed by atoms with E-state index in [4.69, 9.17) is 37.0 Å². The first-order chi connectivity index (χ1) is 42.6. The average Bonchev–Trinajstić information content (AvgIpc) is 3.53. The SMILES string of the molecule is CCCCCCCCCCCCCCC(=O)OC[C@H](COP(=O)(O)OC[C@H](O)COP(=O)(O)OC[C@@H](COC(=O)CCCCCCCCCCCCCC)OC(=O)CCCCCCCCCCC(C)CC)OC(=O)CCCCCCCCCCCCCC. The van der Waals surface area contributed by atoms with E-state index in [1.165, 1.54) is 180 Å². The minimum absolute atomic E-state index is 0.106. The van der Waals surface area contributed by atoms with Crippen LogP contribution >= 0.6 is 15.6 Å². The summed E-state index contributed by atoms with van der Waals surface area (Å²) in [6, 6.07) is 0. The maximum Gasteiger partial charge on any atom is 0.472 e. The Kier molecular flexibility index (Phi) is 61.1. The normalized spacial score (nSPS) is 14.4. The van der Waals surface area contributed by atoms with Gasteiger partial charge in [0.2, 0.25) is 0 Å². The summed E-state index contributed by atoms with van der Waals surface area (Å²) >= 11 is 0. The number of hydrogen-bond acceptors (Lipinski definition) is 15. The highest BCUT2D eigenvalue weighted by atomic mass is 31.2. The molecule has 0 amide bonds. The molecule has 88 heavy (non-hydrogen) atoms. The fourth-order valence-corrected chi connectivity index (χ4v) is 12.0. The van der Waals surface area contributed by atoms with Gasteiger partial charge in [0.1, 0.15) is 19.3 Å². The van der Waals surface area contributed by atoms with Crippen LogP contribution in [0.2, 0.25) is 0 Å². The van der Waals surface area contributed by atoms with Gasteiger partial charge in [-0.2, -0.15) is 0 Å². The minimum atomic E-state index is -4.95. The summed E-state index contributed by atoms with van der Waals surface area (Å²) in [4.78, 5) is 72.5. The molecule has 0 aromatic heterocycles. The number of carbonyl (C=O) groups is 4. The number of unbranched alkanes of at least 4 members (excludes halogenated alkanes) is 40. The second-order valence-corrected chi connectivity index (χ2v) is 28.1. The van der Waals surface area contributed by atoms with Crippen molar-refractivity contribution in [3.8, 4) is 0 Å². The van der Waals surface area contributed by atoms with Crippen molar-refractivity contribution < 1.29 is 80.2 Å². The van der Waals surface area contributed by atoms with E-state index >= 15 is 0 Å². The topological polar surface area (TPSA) is 237 Å². The highest BCUT2D eigenvalue weighted by Crippen LogP contribution is 2.45. The predicted molar refractivity (Wildman–Crippen MR) is 354 cm³/mol. The molecule has 0 rings (SSSR count). The van der Waals surface area contributed by atoms with Crippen molar-refractivity contribution in [1.29, 1.82) is 0 Å². The fourth-order valence-electron chi connectivity index (χ4n) is 10.4. The zero-order valence-electron chi connectivity index (χ0n) is 56.9. The summed E-state index contributed by atoms with van der Waals surface area (Å²) in [7, 11) is -9.90. The monoisotopic (exact) mass is 1300 g/mol. The summed E-state index contributed by atoms with van der Waals surface area (Å²) in [6.45, 7) is 7.24. The van der Waals surface area contributed by atoms with Crippen LogP contribution in [-0.4, -0.2) is 96.7 Å². The number of phosphoric ester groups is 2. The first-order valence-corrected chi connectivity index (χ1v) is 39.2. The summed E-state index contributed by atoms with van der Waals surface area (Å²) in [5.74, 6) is -1.35. The Morgan fingerprint density at radius 1 is 0.318 bits per heavy atom. The van der Waals surface area contributed by atoms with Crippen molar-refractivity contribution >= 4 is 39.5 Å². The predicted octanol–water partition coefficient (Wildman–Crippen LogP) is 19.7. The van der Waals surface area contributed by atoms with Crippen molar-refractivity contribution in [3.63, 3.8) is 0 Å². The van der Waals surface area contributed by atoms with Gasteiger partial charge in [0.05, 0.1) is 26.4 Å². The molecule has 522 valence electrons. The summed E-state index contributed by atoms with van der Waals surface area (Å²) in [5, 5.41) is 10.6. The molecule has 0 heterocycles. The molecule has 0 radical (unpaired) electrons. The maximum atomic E-state index is 13.0. The van der Waals surface area contributed by atoms with Crippen LogP contribution in [0.3, 0.4) is 0 Å². The van der Waals surface area contributed by atoms with Crippen molar-refractivity contribution in [2.45, 2.75) is 374 Å². The Balaban J connectivity index is 5.26. The molecule has 0 saturated carbocycles. The van der Waals surface area contributed by atoms with E-state index in [9.17, 15) is 43.2 Å². The molecule has 0 saturated heterocycles. The fraction of sp³-hybridized carbons (Fsp3) is 0.942. The zero-order chi connectivity index (χ0) is 64.9. The number of esters is 4. The lowest BCUT2D eigenvalue weighted by Gasteiger charge is -2.21. The number of phosphoric acid groups is 2. The van der Waals surface area contributed by atoms with Gasteiger partial charge in [-0.05, 0) is 31.6 Å². The van der Waals surface area contributed by atoms with Gasteiger partial charge in [-0.15, -0.1) is 0 Å². The Labute approximate surface area is 537 Å². The third kappa shape index (κ3) is 61.6. The van der Waals surface area contributed by atoms with E-state index in [2.05, 4.69) is 34.6 Å². The maximum absolute atomic E-state index is 13.0. The number of hydrogen-bond donors (Lipinski definition) is 3. The lowest BCUT2D eigenvalue weighted by molar-refractivity contribution is -0.161. The lowest BCUT2D eigenvalue weighted by Crippen LogP contribution is -2.30. The van der Waals surface area contributed by atoms with Gasteiger partial charge in [0.25, 0.3) is 0 Å². The molecule has 0 aliphatic carbocycles. The van der Waals surface area contributed by atoms with Crippen LogP contribution in [0.4, 0.5) is 0 Å². The number of aliphatic hydroxyl groups is 1. The molecule has 0 bridgehead atoms. The molecule has 17 nitrogen and oxygen atoms in total. The number of aliphatic hydroxyl groups excluding tert-OH is 1. The van der Waals surface area contributed by atoms with Gasteiger partial charge in [-0.3, -0.25) is 37.3 Å². The van der Waals surface area contributed by atoms with Crippen LogP contribution < -0.4 is 0 Å². The highest BCUT2D eigenvalue weighted by Gasteiger charge is 2.30. The molecule has 6 atom stereocenters. The van der Waals surface area contributed by atoms with Gasteiger partial charge in [0.15, 0.2) is 12.2 Å². The molecule has 0 aromatic carbocycles. The van der Waals surface area contributed by atoms with Crippen molar-refractivity contribution in [3.05, 3.63) is 0 Å². The first kappa shape index (κ1) is 86.1. The van der Waals surface area contributed by atoms with Crippen LogP contribution in [0.25, 0.3) is 0 Å². The van der Waals surface area contributed by atoms with E-state index in [-0.39, 0.29) is 25.7 Å². The molecular weight excluding hydrogens is 1160 g/mol. The van der Waals surface area contributed by atoms with Gasteiger partial charge >= 0.3 is 39.5 Å². The second kappa shape index (κ2) is 62.5. The van der Waals surface area contributed by atoms with E-state index < -0.39 is 97.5 Å². The molecule has 0 aromatic rings. The van der Waals surface area contributed by atoms with E-state index in [1.807, 2.05) is 0 Å². The average molecular weight is 1300 g/mol. The van der Waals surface area contributed by atoms with Crippen LogP contribution in [0.5, 0.6) is 0 Å². The molecule has 3 N–H and O–H groups in total. The van der Waals surface area contributed by atoms with Crippen LogP contribution in [0, 0.1) is 5.92 Å². The standard InChI is InChI=1S/C69H134O17P2/c1-6-10-13-16-19-22-25-28-31-37-42-47-52-66(71)79-58-64(85-68(73)54-49-44-39-33-30-27-24-21-18-15-12-8-3)60-83-87(75,76)81-56-63(70)57-82-88(77,78)84-61-65(86-69(74)55-50-45-40-35-34-36-41-46-51-62(5)9-4)59-80-67(72)53-48-43-38-32-29-26-23-20-17-14-11-7-2/h62-65,70H,6-61H2,1-5H3,(H,75,76)(H,77,78)/t62?,63-,64+,65+/m0/s1. The van der Waals surface area contributed by atoms with E-state index in [0.29, 0.717) is 25.7 Å². The largest absolute Gasteiger partial charge is 0.472 e. The summed E-state index contributed by atoms with van der Waals surface area (Å²) in [5.41, 5.74) is 0. The number of rotatable bonds is 69. The number of ether oxygens (including phenoxy) is 4. The van der Waals surface area contributed by atoms with Crippen molar-refractivity contribution in [2.24, 2.45) is 5.92 Å². The molecular formula is C69H134O17P2. The Bertz CT molecular complexity index is 1710. The molecule has 19 heteroatoms. The molecule has 0 spiro atoms. The first-order valence-electron chi connectivity index (χ1n) is 36.2. The minimum Gasteiger partial charge on any atom is -0.462 e. The van der Waals surface area contributed by atoms with E-state index in [1.54, 1.807) is 0 Å². The Morgan fingerprint density at radius 2 is 0.545 bits per heavy atom.